The van der Waals surface area contributed by atoms with Gasteiger partial charge in [0.05, 0.1) is 6.54 Å². The molecule has 0 aliphatic carbocycles. The summed E-state index contributed by atoms with van der Waals surface area (Å²) >= 11 is 0. The summed E-state index contributed by atoms with van der Waals surface area (Å²) in [5.74, 6) is 0.197. The second kappa shape index (κ2) is 8.15. The van der Waals surface area contributed by atoms with Crippen molar-refractivity contribution in [3.63, 3.8) is 0 Å². The van der Waals surface area contributed by atoms with Crippen LogP contribution in [0.5, 0.6) is 0 Å². The molecule has 1 aromatic carbocycles. The highest BCUT2D eigenvalue weighted by atomic mass is 16.2. The molecule has 1 saturated heterocycles. The third-order valence-electron chi connectivity index (χ3n) is 4.28. The summed E-state index contributed by atoms with van der Waals surface area (Å²) < 4.78 is 0. The molecule has 0 saturated carbocycles. The van der Waals surface area contributed by atoms with E-state index in [1.54, 1.807) is 0 Å². The minimum absolute atomic E-state index is 0.197. The van der Waals surface area contributed by atoms with Gasteiger partial charge in [0.25, 0.3) is 0 Å². The number of rotatable bonds is 6. The first-order valence-electron chi connectivity index (χ1n) is 7.92. The fourth-order valence-electron chi connectivity index (χ4n) is 3.03. The van der Waals surface area contributed by atoms with Crippen LogP contribution in [0.15, 0.2) is 30.3 Å². The average Bonchev–Trinajstić information content (AvgIpc) is 2.50. The van der Waals surface area contributed by atoms with Crippen molar-refractivity contribution in [2.75, 3.05) is 26.7 Å². The Balaban J connectivity index is 1.87. The monoisotopic (exact) mass is 289 g/mol. The third-order valence-corrected chi connectivity index (χ3v) is 4.28. The molecule has 21 heavy (non-hydrogen) atoms. The molecule has 1 aliphatic heterocycles. The first-order chi connectivity index (χ1) is 10.2. The number of hydrogen-bond donors (Lipinski definition) is 1. The molecule has 1 fully saturated rings. The second-order valence-corrected chi connectivity index (χ2v) is 5.93. The Morgan fingerprint density at radius 2 is 2.10 bits per heavy atom. The average molecular weight is 289 g/mol. The van der Waals surface area contributed by atoms with Crippen LogP contribution in [0.2, 0.25) is 0 Å². The molecule has 4 heteroatoms. The molecule has 1 amide bonds. The first kappa shape index (κ1) is 16.0. The first-order valence-corrected chi connectivity index (χ1v) is 7.92. The quantitative estimate of drug-likeness (QED) is 0.869. The van der Waals surface area contributed by atoms with Crippen molar-refractivity contribution >= 4 is 5.91 Å². The van der Waals surface area contributed by atoms with Crippen LogP contribution in [-0.2, 0) is 11.3 Å². The summed E-state index contributed by atoms with van der Waals surface area (Å²) in [6, 6.07) is 10.6. The molecule has 0 aromatic heterocycles. The summed E-state index contributed by atoms with van der Waals surface area (Å²) in [7, 11) is 1.89. The van der Waals surface area contributed by atoms with Gasteiger partial charge in [0.15, 0.2) is 0 Å². The predicted octanol–water partition coefficient (Wildman–Crippen LogP) is 1.85. The zero-order valence-corrected chi connectivity index (χ0v) is 13.0. The molecule has 4 nitrogen and oxygen atoms in total. The lowest BCUT2D eigenvalue weighted by Crippen LogP contribution is -2.46. The number of carbonyl (C=O) groups excluding carboxylic acids is 1. The number of likely N-dealkylation sites (tertiary alicyclic amines) is 1. The summed E-state index contributed by atoms with van der Waals surface area (Å²) in [6.07, 6.45) is 4.62. The van der Waals surface area contributed by atoms with Gasteiger partial charge < -0.3 is 10.6 Å². The van der Waals surface area contributed by atoms with Gasteiger partial charge in [0.1, 0.15) is 0 Å². The maximum absolute atomic E-state index is 12.4. The number of benzene rings is 1. The summed E-state index contributed by atoms with van der Waals surface area (Å²) in [5.41, 5.74) is 6.86. The number of amides is 1. The lowest BCUT2D eigenvalue weighted by Gasteiger charge is -2.36. The Bertz CT molecular complexity index is 433. The summed E-state index contributed by atoms with van der Waals surface area (Å²) in [4.78, 5) is 16.6. The fraction of sp³-hybridized carbons (Fsp3) is 0.588. The highest BCUT2D eigenvalue weighted by Crippen LogP contribution is 2.19. The maximum atomic E-state index is 12.4. The van der Waals surface area contributed by atoms with E-state index < -0.39 is 0 Å². The van der Waals surface area contributed by atoms with Gasteiger partial charge in [-0.1, -0.05) is 36.8 Å². The summed E-state index contributed by atoms with van der Waals surface area (Å²) in [6.45, 7) is 2.92. The number of carbonyl (C=O) groups is 1. The minimum atomic E-state index is 0.197. The highest BCUT2D eigenvalue weighted by Gasteiger charge is 2.24. The zero-order chi connectivity index (χ0) is 15.1. The van der Waals surface area contributed by atoms with Gasteiger partial charge in [0.2, 0.25) is 5.91 Å². The number of likely N-dealkylation sites (N-methyl/N-ethyl adjacent to an activating group) is 1. The fourth-order valence-corrected chi connectivity index (χ4v) is 3.03. The topological polar surface area (TPSA) is 49.6 Å². The minimum Gasteiger partial charge on any atom is -0.340 e. The van der Waals surface area contributed by atoms with E-state index in [-0.39, 0.29) is 5.91 Å². The highest BCUT2D eigenvalue weighted by molar-refractivity contribution is 5.78. The molecule has 1 unspecified atom stereocenters. The molecule has 2 rings (SSSR count). The van der Waals surface area contributed by atoms with Crippen molar-refractivity contribution in [3.05, 3.63) is 35.9 Å². The van der Waals surface area contributed by atoms with Gasteiger partial charge in [-0.3, -0.25) is 9.69 Å². The molecule has 0 radical (unpaired) electrons. The van der Waals surface area contributed by atoms with Crippen LogP contribution >= 0.6 is 0 Å². The molecule has 0 bridgehead atoms. The number of nitrogens with zero attached hydrogens (tertiary/aromatic N) is 2. The number of hydrogen-bond acceptors (Lipinski definition) is 3. The van der Waals surface area contributed by atoms with Crippen molar-refractivity contribution in [1.82, 2.24) is 9.80 Å². The Labute approximate surface area is 127 Å². The van der Waals surface area contributed by atoms with Crippen LogP contribution < -0.4 is 5.73 Å². The lowest BCUT2D eigenvalue weighted by molar-refractivity contribution is -0.132. The van der Waals surface area contributed by atoms with E-state index in [4.69, 9.17) is 5.73 Å². The number of nitrogens with two attached hydrogens (primary N) is 1. The van der Waals surface area contributed by atoms with Gasteiger partial charge in [-0.25, -0.2) is 0 Å². The molecule has 0 spiro atoms. The van der Waals surface area contributed by atoms with E-state index in [0.717, 1.165) is 13.0 Å². The van der Waals surface area contributed by atoms with Crippen molar-refractivity contribution in [2.24, 2.45) is 5.73 Å². The normalized spacial score (nSPS) is 19.4. The van der Waals surface area contributed by atoms with Crippen LogP contribution in [0.3, 0.4) is 0 Å². The molecule has 1 heterocycles. The maximum Gasteiger partial charge on any atom is 0.236 e. The van der Waals surface area contributed by atoms with Gasteiger partial charge in [-0.05, 0) is 37.9 Å². The van der Waals surface area contributed by atoms with E-state index >= 15 is 0 Å². The Morgan fingerprint density at radius 3 is 2.81 bits per heavy atom. The Morgan fingerprint density at radius 1 is 1.33 bits per heavy atom. The van der Waals surface area contributed by atoms with E-state index in [2.05, 4.69) is 17.0 Å². The van der Waals surface area contributed by atoms with Crippen molar-refractivity contribution in [3.8, 4) is 0 Å². The van der Waals surface area contributed by atoms with E-state index in [9.17, 15) is 4.79 Å². The van der Waals surface area contributed by atoms with Crippen LogP contribution in [0.25, 0.3) is 0 Å². The molecule has 1 aromatic rings. The Hall–Kier alpha value is -1.39. The van der Waals surface area contributed by atoms with Crippen LogP contribution in [0.1, 0.15) is 31.2 Å². The Kier molecular flexibility index (Phi) is 6.21. The third kappa shape index (κ3) is 4.83. The van der Waals surface area contributed by atoms with Gasteiger partial charge in [-0.15, -0.1) is 0 Å². The molecular formula is C17H27N3O. The van der Waals surface area contributed by atoms with Gasteiger partial charge >= 0.3 is 0 Å². The zero-order valence-electron chi connectivity index (χ0n) is 13.0. The largest absolute Gasteiger partial charge is 0.340 e. The second-order valence-electron chi connectivity index (χ2n) is 5.93. The summed E-state index contributed by atoms with van der Waals surface area (Å²) in [5, 5.41) is 0. The molecule has 1 atom stereocenters. The SMILES string of the molecule is CN(Cc1ccccc1)C(=O)CN1CCCCC1CCN. The van der Waals surface area contributed by atoms with E-state index in [1.807, 2.05) is 30.1 Å². The molecule has 1 aliphatic rings. The van der Waals surface area contributed by atoms with Crippen molar-refractivity contribution in [2.45, 2.75) is 38.3 Å². The van der Waals surface area contributed by atoms with Crippen molar-refractivity contribution in [1.29, 1.82) is 0 Å². The van der Waals surface area contributed by atoms with Crippen LogP contribution in [-0.4, -0.2) is 48.4 Å². The van der Waals surface area contributed by atoms with Gasteiger partial charge in [-0.2, -0.15) is 0 Å². The van der Waals surface area contributed by atoms with E-state index in [0.29, 0.717) is 25.7 Å². The van der Waals surface area contributed by atoms with Crippen LogP contribution in [0, 0.1) is 0 Å². The molecular weight excluding hydrogens is 262 g/mol. The lowest BCUT2D eigenvalue weighted by atomic mass is 9.99. The molecule has 116 valence electrons. The van der Waals surface area contributed by atoms with Crippen molar-refractivity contribution < 1.29 is 4.79 Å². The predicted molar refractivity (Wildman–Crippen MR) is 85.8 cm³/mol. The standard InChI is InChI=1S/C17H27N3O/c1-19(13-15-7-3-2-4-8-15)17(21)14-20-12-6-5-9-16(20)10-11-18/h2-4,7-8,16H,5-6,9-14,18H2,1H3. The van der Waals surface area contributed by atoms with Gasteiger partial charge in [0, 0.05) is 19.6 Å². The number of piperidine rings is 1. The molecule has 2 N–H and O–H groups in total. The smallest absolute Gasteiger partial charge is 0.236 e. The van der Waals surface area contributed by atoms with E-state index in [1.165, 1.54) is 24.8 Å². The van der Waals surface area contributed by atoms with Crippen LogP contribution in [0.4, 0.5) is 0 Å².